The van der Waals surface area contributed by atoms with E-state index >= 15 is 0 Å². The van der Waals surface area contributed by atoms with Crippen LogP contribution in [0.5, 0.6) is 0 Å². The second-order valence-electron chi connectivity index (χ2n) is 5.62. The fourth-order valence-electron chi connectivity index (χ4n) is 1.44. The van der Waals surface area contributed by atoms with E-state index in [1.807, 2.05) is 37.3 Å². The van der Waals surface area contributed by atoms with Gasteiger partial charge in [0, 0.05) is 12.1 Å². The molecule has 0 radical (unpaired) electrons. The van der Waals surface area contributed by atoms with Crippen molar-refractivity contribution in [1.82, 2.24) is 5.32 Å². The number of hydrogen-bond acceptors (Lipinski definition) is 4. The Bertz CT molecular complexity index is 396. The monoisotopic (exact) mass is 264 g/mol. The maximum atomic E-state index is 9.74. The van der Waals surface area contributed by atoms with E-state index < -0.39 is 6.10 Å². The van der Waals surface area contributed by atoms with Crippen molar-refractivity contribution < 1.29 is 9.94 Å². The highest BCUT2D eigenvalue weighted by molar-refractivity contribution is 5.98. The van der Waals surface area contributed by atoms with Crippen LogP contribution >= 0.6 is 0 Å². The van der Waals surface area contributed by atoms with Crippen LogP contribution in [0, 0.1) is 0 Å². The molecule has 0 spiro atoms. The van der Waals surface area contributed by atoms with Crippen molar-refractivity contribution in [3.05, 3.63) is 35.9 Å². The summed E-state index contributed by atoms with van der Waals surface area (Å²) in [6, 6.07) is 9.81. The molecule has 19 heavy (non-hydrogen) atoms. The van der Waals surface area contributed by atoms with E-state index in [4.69, 9.17) is 4.84 Å². The Hall–Kier alpha value is -1.39. The zero-order valence-corrected chi connectivity index (χ0v) is 12.2. The van der Waals surface area contributed by atoms with Gasteiger partial charge in [-0.3, -0.25) is 0 Å². The van der Waals surface area contributed by atoms with Gasteiger partial charge in [0.05, 0.1) is 5.71 Å². The lowest BCUT2D eigenvalue weighted by Gasteiger charge is -2.22. The topological polar surface area (TPSA) is 53.9 Å². The van der Waals surface area contributed by atoms with Crippen LogP contribution < -0.4 is 5.32 Å². The summed E-state index contributed by atoms with van der Waals surface area (Å²) >= 11 is 0. The van der Waals surface area contributed by atoms with Gasteiger partial charge in [-0.05, 0) is 33.3 Å². The molecule has 0 bridgehead atoms. The summed E-state index contributed by atoms with van der Waals surface area (Å²) in [4.78, 5) is 5.17. The molecule has 1 aromatic carbocycles. The molecular weight excluding hydrogens is 240 g/mol. The molecule has 0 amide bonds. The van der Waals surface area contributed by atoms with Gasteiger partial charge >= 0.3 is 0 Å². The van der Waals surface area contributed by atoms with Crippen LogP contribution in [0.15, 0.2) is 35.5 Å². The normalized spacial score (nSPS) is 14.3. The standard InChI is InChI=1S/C15H24N2O2/c1-12(13-8-6-5-7-9-13)17-19-11-14(18)10-16-15(2,3)4/h5-9,14,16,18H,10-11H2,1-4H3/b17-12+. The summed E-state index contributed by atoms with van der Waals surface area (Å²) < 4.78 is 0. The number of β-amino-alcohol motifs (C(OH)–C–C–N with tert-alkyl or cyclic N) is 1. The summed E-state index contributed by atoms with van der Waals surface area (Å²) in [6.45, 7) is 8.72. The van der Waals surface area contributed by atoms with Gasteiger partial charge in [0.25, 0.3) is 0 Å². The number of aliphatic hydroxyl groups is 1. The number of oxime groups is 1. The minimum absolute atomic E-state index is 0.00972. The van der Waals surface area contributed by atoms with E-state index in [2.05, 4.69) is 31.2 Å². The highest BCUT2D eigenvalue weighted by Gasteiger charge is 2.12. The molecule has 106 valence electrons. The number of nitrogens with zero attached hydrogens (tertiary/aromatic N) is 1. The van der Waals surface area contributed by atoms with E-state index in [9.17, 15) is 5.11 Å². The molecule has 1 unspecified atom stereocenters. The van der Waals surface area contributed by atoms with Gasteiger partial charge in [0.15, 0.2) is 0 Å². The van der Waals surface area contributed by atoms with Crippen LogP contribution in [-0.2, 0) is 4.84 Å². The predicted octanol–water partition coefficient (Wildman–Crippen LogP) is 2.18. The summed E-state index contributed by atoms with van der Waals surface area (Å²) in [5.74, 6) is 0. The van der Waals surface area contributed by atoms with Crippen LogP contribution in [0.3, 0.4) is 0 Å². The highest BCUT2D eigenvalue weighted by atomic mass is 16.6. The zero-order chi connectivity index (χ0) is 14.3. The van der Waals surface area contributed by atoms with Crippen LogP contribution in [-0.4, -0.2) is 35.6 Å². The molecule has 0 aliphatic heterocycles. The molecule has 0 saturated carbocycles. The Balaban J connectivity index is 2.33. The van der Waals surface area contributed by atoms with Gasteiger partial charge in [-0.2, -0.15) is 0 Å². The third-order valence-corrected chi connectivity index (χ3v) is 2.53. The SMILES string of the molecule is C/C(=N\OCC(O)CNC(C)(C)C)c1ccccc1. The number of hydrogen-bond donors (Lipinski definition) is 2. The Kier molecular flexibility index (Phi) is 5.99. The van der Waals surface area contributed by atoms with Crippen molar-refractivity contribution in [2.24, 2.45) is 5.16 Å². The summed E-state index contributed by atoms with van der Waals surface area (Å²) in [6.07, 6.45) is -0.563. The van der Waals surface area contributed by atoms with Crippen molar-refractivity contribution in [2.45, 2.75) is 39.3 Å². The summed E-state index contributed by atoms with van der Waals surface area (Å²) in [5, 5.41) is 17.0. The van der Waals surface area contributed by atoms with Gasteiger partial charge in [-0.1, -0.05) is 35.5 Å². The minimum Gasteiger partial charge on any atom is -0.393 e. The molecule has 0 aliphatic rings. The van der Waals surface area contributed by atoms with Gasteiger partial charge in [0.1, 0.15) is 12.7 Å². The van der Waals surface area contributed by atoms with Crippen molar-refractivity contribution >= 4 is 5.71 Å². The van der Waals surface area contributed by atoms with E-state index in [1.54, 1.807) is 0 Å². The molecular formula is C15H24N2O2. The molecule has 4 heteroatoms. The first-order chi connectivity index (χ1) is 8.88. The number of aliphatic hydroxyl groups excluding tert-OH is 1. The van der Waals surface area contributed by atoms with Gasteiger partial charge in [0.2, 0.25) is 0 Å². The lowest BCUT2D eigenvalue weighted by atomic mass is 10.1. The Labute approximate surface area is 115 Å². The van der Waals surface area contributed by atoms with Crippen LogP contribution in [0.25, 0.3) is 0 Å². The second-order valence-corrected chi connectivity index (χ2v) is 5.62. The molecule has 1 rings (SSSR count). The van der Waals surface area contributed by atoms with Crippen LogP contribution in [0.2, 0.25) is 0 Å². The Morgan fingerprint density at radius 3 is 2.53 bits per heavy atom. The average Bonchev–Trinajstić information content (AvgIpc) is 2.36. The first kappa shape index (κ1) is 15.7. The van der Waals surface area contributed by atoms with Crippen molar-refractivity contribution in [2.75, 3.05) is 13.2 Å². The summed E-state index contributed by atoms with van der Waals surface area (Å²) in [7, 11) is 0. The lowest BCUT2D eigenvalue weighted by molar-refractivity contribution is 0.0373. The molecule has 0 heterocycles. The highest BCUT2D eigenvalue weighted by Crippen LogP contribution is 2.02. The quantitative estimate of drug-likeness (QED) is 0.611. The van der Waals surface area contributed by atoms with Gasteiger partial charge in [-0.25, -0.2) is 0 Å². The molecule has 1 aromatic rings. The first-order valence-electron chi connectivity index (χ1n) is 6.53. The largest absolute Gasteiger partial charge is 0.393 e. The molecule has 0 aromatic heterocycles. The zero-order valence-electron chi connectivity index (χ0n) is 12.2. The molecule has 2 N–H and O–H groups in total. The van der Waals surface area contributed by atoms with E-state index in [0.717, 1.165) is 11.3 Å². The van der Waals surface area contributed by atoms with Gasteiger partial charge < -0.3 is 15.3 Å². The predicted molar refractivity (Wildman–Crippen MR) is 78.4 cm³/mol. The molecule has 0 saturated heterocycles. The lowest BCUT2D eigenvalue weighted by Crippen LogP contribution is -2.42. The molecule has 0 aliphatic carbocycles. The van der Waals surface area contributed by atoms with Gasteiger partial charge in [-0.15, -0.1) is 0 Å². The molecule has 4 nitrogen and oxygen atoms in total. The Morgan fingerprint density at radius 2 is 1.95 bits per heavy atom. The second kappa shape index (κ2) is 7.26. The maximum Gasteiger partial charge on any atom is 0.144 e. The minimum atomic E-state index is -0.563. The third kappa shape index (κ3) is 6.94. The van der Waals surface area contributed by atoms with Crippen molar-refractivity contribution in [3.63, 3.8) is 0 Å². The molecule has 1 atom stereocenters. The van der Waals surface area contributed by atoms with E-state index in [0.29, 0.717) is 6.54 Å². The fourth-order valence-corrected chi connectivity index (χ4v) is 1.44. The number of nitrogens with one attached hydrogen (secondary N) is 1. The number of rotatable bonds is 6. The third-order valence-electron chi connectivity index (χ3n) is 2.53. The fraction of sp³-hybridized carbons (Fsp3) is 0.533. The maximum absolute atomic E-state index is 9.74. The smallest absolute Gasteiger partial charge is 0.144 e. The average molecular weight is 264 g/mol. The Morgan fingerprint density at radius 1 is 1.32 bits per heavy atom. The van der Waals surface area contributed by atoms with Crippen LogP contribution in [0.1, 0.15) is 33.3 Å². The van der Waals surface area contributed by atoms with E-state index in [1.165, 1.54) is 0 Å². The first-order valence-corrected chi connectivity index (χ1v) is 6.53. The summed E-state index contributed by atoms with van der Waals surface area (Å²) in [5.41, 5.74) is 1.81. The van der Waals surface area contributed by atoms with Crippen molar-refractivity contribution in [3.8, 4) is 0 Å². The van der Waals surface area contributed by atoms with Crippen LogP contribution in [0.4, 0.5) is 0 Å². The number of benzene rings is 1. The van der Waals surface area contributed by atoms with Crippen molar-refractivity contribution in [1.29, 1.82) is 0 Å². The molecule has 0 fully saturated rings. The van der Waals surface area contributed by atoms with E-state index in [-0.39, 0.29) is 12.1 Å².